The average molecular weight is 933 g/mol. The van der Waals surface area contributed by atoms with Crippen LogP contribution in [0.4, 0.5) is 20.4 Å². The first-order valence-corrected chi connectivity index (χ1v) is 22.9. The van der Waals surface area contributed by atoms with Crippen LogP contribution in [0.15, 0.2) is 122 Å². The van der Waals surface area contributed by atoms with Crippen LogP contribution >= 0.6 is 0 Å². The van der Waals surface area contributed by atoms with E-state index in [2.05, 4.69) is 30.6 Å². The van der Waals surface area contributed by atoms with Gasteiger partial charge in [-0.1, -0.05) is 36.4 Å². The molecule has 0 aliphatic carbocycles. The molecule has 0 saturated heterocycles. The van der Waals surface area contributed by atoms with Crippen LogP contribution in [0.1, 0.15) is 123 Å². The maximum absolute atomic E-state index is 14.3. The van der Waals surface area contributed by atoms with Gasteiger partial charge in [-0.3, -0.25) is 19.6 Å². The van der Waals surface area contributed by atoms with Crippen molar-refractivity contribution in [3.8, 4) is 22.3 Å². The molecule has 8 aromatic rings. The van der Waals surface area contributed by atoms with Crippen molar-refractivity contribution >= 4 is 23.5 Å². The highest BCUT2D eigenvalue weighted by Crippen LogP contribution is 2.56. The van der Waals surface area contributed by atoms with E-state index >= 15 is 0 Å². The monoisotopic (exact) mass is 932 g/mol. The van der Waals surface area contributed by atoms with Gasteiger partial charge in [0.25, 0.3) is 11.8 Å². The Morgan fingerprint density at radius 3 is 1.29 bits per heavy atom. The molecule has 8 heterocycles. The highest BCUT2D eigenvalue weighted by atomic mass is 19.1. The molecular weight excluding hydrogens is 887 g/mol. The molecule has 4 unspecified atom stereocenters. The number of halogens is 2. The Balaban J connectivity index is 0.000000152. The van der Waals surface area contributed by atoms with Gasteiger partial charge in [-0.25, -0.2) is 18.7 Å². The smallest absolute Gasteiger partial charge is 0.251 e. The summed E-state index contributed by atoms with van der Waals surface area (Å²) in [6.45, 7) is 8.43. The number of benzene rings is 4. The largest absolute Gasteiger partial charge is 0.384 e. The molecule has 0 radical (unpaired) electrons. The van der Waals surface area contributed by atoms with E-state index in [1.165, 1.54) is 36.9 Å². The van der Waals surface area contributed by atoms with Gasteiger partial charge in [0.15, 0.2) is 0 Å². The number of fused-ring (bicyclic) bond motifs is 16. The standard InChI is InChI=1S/2C28H23FN4O2/c1-14-9-25(30)33-15(2)22(14)13-32-28(34)17-4-6-19-21(11-17)27-18-5-3-16(10-20(18)26(19)35-27)23-12-31-8-7-24(23)29;1-14-9-25(30)33-15(2)22(14)13-32-28(34)17-4-6-19-21(11-17)27-20-10-16(3-5-18(20)26(19)35-27)23-12-31-8-7-24(23)29/h2*3-12,26-27H,13H2,1-2H3,(H2,30,33)(H,32,34). The summed E-state index contributed by atoms with van der Waals surface area (Å²) in [6.07, 6.45) is 5.01. The number of nitrogens with zero attached hydrogens (tertiary/aromatic N) is 4. The second-order valence-corrected chi connectivity index (χ2v) is 18.1. The fourth-order valence-corrected chi connectivity index (χ4v) is 10.3. The number of pyridine rings is 4. The van der Waals surface area contributed by atoms with E-state index in [1.54, 1.807) is 6.07 Å². The third-order valence-electron chi connectivity index (χ3n) is 13.8. The van der Waals surface area contributed by atoms with Gasteiger partial charge in [0.05, 0.1) is 0 Å². The van der Waals surface area contributed by atoms with Gasteiger partial charge >= 0.3 is 0 Å². The first kappa shape index (κ1) is 44.3. The van der Waals surface area contributed by atoms with E-state index in [-0.39, 0.29) is 47.9 Å². The Hall–Kier alpha value is -8.20. The fraction of sp³-hybridized carbons (Fsp3) is 0.179. The van der Waals surface area contributed by atoms with E-state index in [0.717, 1.165) is 89.3 Å². The third-order valence-corrected chi connectivity index (χ3v) is 13.8. The Kier molecular flexibility index (Phi) is 11.0. The number of nitrogens with one attached hydrogen (secondary N) is 2. The molecule has 4 atom stereocenters. The van der Waals surface area contributed by atoms with Gasteiger partial charge in [-0.15, -0.1) is 0 Å². The van der Waals surface area contributed by atoms with Crippen molar-refractivity contribution in [2.24, 2.45) is 0 Å². The molecule has 4 aliphatic heterocycles. The number of aromatic nitrogens is 4. The third kappa shape index (κ3) is 7.71. The van der Waals surface area contributed by atoms with E-state index < -0.39 is 0 Å². The molecule has 4 bridgehead atoms. The Morgan fingerprint density at radius 2 is 0.886 bits per heavy atom. The number of carbonyl (C=O) groups is 2. The van der Waals surface area contributed by atoms with Crippen LogP contribution in [0, 0.1) is 39.3 Å². The number of anilines is 2. The molecule has 4 aliphatic rings. The number of aryl methyl sites for hydroxylation is 4. The molecule has 0 fully saturated rings. The number of nitrogens with two attached hydrogens (primary N) is 2. The SMILES string of the molecule is Cc1cc(N)nc(C)c1CNC(=O)c1ccc2c(c1)C1OC2c2cc(-c3cnccc3F)ccc21.Cc1cc(N)nc(C)c1CNC(=O)c1ccc2c(c1)C1OC2c2ccc(-c3cnccc3F)cc21. The van der Waals surface area contributed by atoms with E-state index in [9.17, 15) is 18.4 Å². The molecule has 0 saturated carbocycles. The predicted octanol–water partition coefficient (Wildman–Crippen LogP) is 9.87. The summed E-state index contributed by atoms with van der Waals surface area (Å²) in [7, 11) is 0. The summed E-state index contributed by atoms with van der Waals surface area (Å²) in [4.78, 5) is 42.7. The topological polar surface area (TPSA) is 180 Å². The van der Waals surface area contributed by atoms with Gasteiger partial charge < -0.3 is 31.6 Å². The van der Waals surface area contributed by atoms with Crippen molar-refractivity contribution in [2.45, 2.75) is 65.2 Å². The lowest BCUT2D eigenvalue weighted by molar-refractivity contribution is 0.0856. The Labute approximate surface area is 402 Å². The zero-order valence-corrected chi connectivity index (χ0v) is 38.6. The summed E-state index contributed by atoms with van der Waals surface area (Å²) >= 11 is 0. The second-order valence-electron chi connectivity index (χ2n) is 18.1. The van der Waals surface area contributed by atoms with Gasteiger partial charge in [-0.05, 0) is 166 Å². The lowest BCUT2D eigenvalue weighted by Gasteiger charge is -2.18. The molecule has 348 valence electrons. The van der Waals surface area contributed by atoms with E-state index in [4.69, 9.17) is 20.9 Å². The average Bonchev–Trinajstić information content (AvgIpc) is 4.12. The van der Waals surface area contributed by atoms with Gasteiger partial charge in [0.1, 0.15) is 47.7 Å². The molecular formula is C56H46F2N8O4. The highest BCUT2D eigenvalue weighted by molar-refractivity contribution is 5.95. The Bertz CT molecular complexity index is 3440. The van der Waals surface area contributed by atoms with E-state index in [0.29, 0.717) is 47.0 Å². The summed E-state index contributed by atoms with van der Waals surface area (Å²) in [5.41, 5.74) is 29.0. The lowest BCUT2D eigenvalue weighted by Crippen LogP contribution is -2.24. The molecule has 14 heteroatoms. The summed E-state index contributed by atoms with van der Waals surface area (Å²) in [5, 5.41) is 6.00. The highest BCUT2D eigenvalue weighted by Gasteiger charge is 2.44. The van der Waals surface area contributed by atoms with Crippen LogP contribution in [-0.2, 0) is 22.6 Å². The zero-order chi connectivity index (χ0) is 48.5. The van der Waals surface area contributed by atoms with Gasteiger partial charge in [0.2, 0.25) is 0 Å². The number of rotatable bonds is 8. The van der Waals surface area contributed by atoms with Crippen molar-refractivity contribution in [3.63, 3.8) is 0 Å². The normalized spacial score (nSPS) is 17.2. The molecule has 12 nitrogen and oxygen atoms in total. The molecule has 2 amide bonds. The van der Waals surface area contributed by atoms with Crippen LogP contribution in [0.3, 0.4) is 0 Å². The summed E-state index contributed by atoms with van der Waals surface area (Å²) in [5.74, 6) is -0.00279. The quantitative estimate of drug-likeness (QED) is 0.115. The van der Waals surface area contributed by atoms with Crippen LogP contribution in [0.25, 0.3) is 22.3 Å². The van der Waals surface area contributed by atoms with Crippen LogP contribution < -0.4 is 22.1 Å². The predicted molar refractivity (Wildman–Crippen MR) is 260 cm³/mol. The minimum absolute atomic E-state index is 0.158. The minimum Gasteiger partial charge on any atom is -0.384 e. The molecule has 4 aromatic carbocycles. The number of carbonyl (C=O) groups excluding carboxylic acids is 2. The summed E-state index contributed by atoms with van der Waals surface area (Å²) < 4.78 is 41.2. The minimum atomic E-state index is -0.315. The first-order valence-electron chi connectivity index (χ1n) is 22.9. The number of ether oxygens (including phenoxy) is 2. The van der Waals surface area contributed by atoms with Crippen LogP contribution in [-0.4, -0.2) is 31.8 Å². The number of amides is 2. The number of nitrogen functional groups attached to an aromatic ring is 2. The maximum Gasteiger partial charge on any atom is 0.251 e. The number of hydrogen-bond donors (Lipinski definition) is 4. The van der Waals surface area contributed by atoms with Crippen LogP contribution in [0.2, 0.25) is 0 Å². The second kappa shape index (κ2) is 17.4. The number of hydrogen-bond acceptors (Lipinski definition) is 10. The van der Waals surface area contributed by atoms with Gasteiger partial charge in [0, 0.05) is 71.5 Å². The van der Waals surface area contributed by atoms with Crippen molar-refractivity contribution < 1.29 is 27.8 Å². The molecule has 6 N–H and O–H groups in total. The lowest BCUT2D eigenvalue weighted by atomic mass is 9.84. The van der Waals surface area contributed by atoms with Gasteiger partial charge in [-0.2, -0.15) is 0 Å². The first-order chi connectivity index (χ1) is 33.8. The molecule has 4 aromatic heterocycles. The maximum atomic E-state index is 14.3. The van der Waals surface area contributed by atoms with Crippen molar-refractivity contribution in [1.82, 2.24) is 30.6 Å². The zero-order valence-electron chi connectivity index (χ0n) is 38.6. The van der Waals surface area contributed by atoms with Crippen LogP contribution in [0.5, 0.6) is 0 Å². The van der Waals surface area contributed by atoms with Crippen molar-refractivity contribution in [3.05, 3.63) is 223 Å². The Morgan fingerprint density at radius 1 is 0.514 bits per heavy atom. The molecule has 12 rings (SSSR count). The van der Waals surface area contributed by atoms with Crippen molar-refractivity contribution in [1.29, 1.82) is 0 Å². The molecule has 70 heavy (non-hydrogen) atoms. The van der Waals surface area contributed by atoms with E-state index in [1.807, 2.05) is 107 Å². The fourth-order valence-electron chi connectivity index (χ4n) is 10.3. The van der Waals surface area contributed by atoms with Crippen molar-refractivity contribution in [2.75, 3.05) is 11.5 Å². The molecule has 0 spiro atoms. The summed E-state index contributed by atoms with van der Waals surface area (Å²) in [6, 6.07) is 29.4.